The lowest BCUT2D eigenvalue weighted by Crippen LogP contribution is -2.15. The van der Waals surface area contributed by atoms with Crippen LogP contribution in [-0.4, -0.2) is 5.91 Å². The molecular formula is C16H9Cl2NO3. The van der Waals surface area contributed by atoms with Crippen LogP contribution in [0.1, 0.15) is 10.6 Å². The molecule has 2 aromatic carbocycles. The number of hydrogen-bond acceptors (Lipinski definition) is 3. The summed E-state index contributed by atoms with van der Waals surface area (Å²) in [7, 11) is 0. The molecule has 3 aromatic rings. The molecule has 0 aliphatic heterocycles. The fourth-order valence-corrected chi connectivity index (χ4v) is 2.36. The van der Waals surface area contributed by atoms with Crippen molar-refractivity contribution in [1.29, 1.82) is 0 Å². The Morgan fingerprint density at radius 2 is 1.82 bits per heavy atom. The number of hydrogen-bond donors (Lipinski definition) is 1. The summed E-state index contributed by atoms with van der Waals surface area (Å²) in [4.78, 5) is 24.1. The fraction of sp³-hybridized carbons (Fsp3) is 0. The molecule has 0 saturated carbocycles. The summed E-state index contributed by atoms with van der Waals surface area (Å²) >= 11 is 11.9. The van der Waals surface area contributed by atoms with Crippen LogP contribution < -0.4 is 10.9 Å². The van der Waals surface area contributed by atoms with Crippen molar-refractivity contribution in [3.8, 4) is 0 Å². The molecule has 0 unspecified atom stereocenters. The van der Waals surface area contributed by atoms with Crippen LogP contribution in [0.15, 0.2) is 57.7 Å². The average molecular weight is 334 g/mol. The largest absolute Gasteiger partial charge is 0.417 e. The molecule has 1 N–H and O–H groups in total. The zero-order valence-corrected chi connectivity index (χ0v) is 12.6. The Labute approximate surface area is 135 Å². The van der Waals surface area contributed by atoms with Gasteiger partial charge in [0.25, 0.3) is 5.91 Å². The van der Waals surface area contributed by atoms with Crippen LogP contribution in [0.4, 0.5) is 5.69 Å². The van der Waals surface area contributed by atoms with E-state index in [4.69, 9.17) is 27.6 Å². The van der Waals surface area contributed by atoms with E-state index in [1.807, 2.05) is 0 Å². The summed E-state index contributed by atoms with van der Waals surface area (Å²) in [5, 5.41) is 4.38. The van der Waals surface area contributed by atoms with Gasteiger partial charge < -0.3 is 9.73 Å². The van der Waals surface area contributed by atoms with E-state index in [1.54, 1.807) is 36.4 Å². The molecule has 0 fully saturated rings. The first-order valence-electron chi connectivity index (χ1n) is 6.34. The summed E-state index contributed by atoms with van der Waals surface area (Å²) in [6.07, 6.45) is 0. The van der Waals surface area contributed by atoms with E-state index in [2.05, 4.69) is 5.32 Å². The highest BCUT2D eigenvalue weighted by Crippen LogP contribution is 2.26. The van der Waals surface area contributed by atoms with Crippen molar-refractivity contribution in [2.45, 2.75) is 0 Å². The van der Waals surface area contributed by atoms with Gasteiger partial charge in [-0.3, -0.25) is 4.79 Å². The van der Waals surface area contributed by atoms with Gasteiger partial charge in [-0.1, -0.05) is 41.4 Å². The third kappa shape index (κ3) is 2.84. The molecular weight excluding hydrogens is 325 g/mol. The molecule has 0 aliphatic carbocycles. The first kappa shape index (κ1) is 14.6. The van der Waals surface area contributed by atoms with Gasteiger partial charge in [0.1, 0.15) is 0 Å². The summed E-state index contributed by atoms with van der Waals surface area (Å²) < 4.78 is 5.05. The van der Waals surface area contributed by atoms with Gasteiger partial charge in [0.15, 0.2) is 5.76 Å². The molecule has 0 aliphatic rings. The first-order valence-corrected chi connectivity index (χ1v) is 7.09. The predicted octanol–water partition coefficient (Wildman–Crippen LogP) is 4.35. The van der Waals surface area contributed by atoms with E-state index in [1.165, 1.54) is 12.1 Å². The highest BCUT2D eigenvalue weighted by atomic mass is 35.5. The zero-order chi connectivity index (χ0) is 15.7. The number of benzene rings is 2. The molecule has 0 bridgehead atoms. The van der Waals surface area contributed by atoms with Gasteiger partial charge in [-0.05, 0) is 35.7 Å². The van der Waals surface area contributed by atoms with Crippen molar-refractivity contribution in [1.82, 2.24) is 0 Å². The third-order valence-electron chi connectivity index (χ3n) is 3.07. The van der Waals surface area contributed by atoms with E-state index in [-0.39, 0.29) is 5.76 Å². The predicted molar refractivity (Wildman–Crippen MR) is 86.9 cm³/mol. The number of carbonyl (C=O) groups excluding carboxylic acids is 1. The van der Waals surface area contributed by atoms with Crippen molar-refractivity contribution in [3.63, 3.8) is 0 Å². The second kappa shape index (κ2) is 5.83. The fourth-order valence-electron chi connectivity index (χ4n) is 2.02. The molecule has 0 radical (unpaired) electrons. The summed E-state index contributed by atoms with van der Waals surface area (Å²) in [6.45, 7) is 0. The molecule has 1 aromatic heterocycles. The van der Waals surface area contributed by atoms with E-state index < -0.39 is 11.5 Å². The van der Waals surface area contributed by atoms with Crippen LogP contribution in [0.2, 0.25) is 10.0 Å². The second-order valence-electron chi connectivity index (χ2n) is 4.56. The normalized spacial score (nSPS) is 10.6. The SMILES string of the molecule is O=C(Nc1cc(Cl)ccc1Cl)c1cc2ccccc2c(=O)o1. The maximum absolute atomic E-state index is 12.2. The highest BCUT2D eigenvalue weighted by molar-refractivity contribution is 6.35. The van der Waals surface area contributed by atoms with Crippen LogP contribution in [0.3, 0.4) is 0 Å². The number of anilines is 1. The van der Waals surface area contributed by atoms with Gasteiger partial charge in [-0.15, -0.1) is 0 Å². The molecule has 0 saturated heterocycles. The average Bonchev–Trinajstić information content (AvgIpc) is 2.51. The van der Waals surface area contributed by atoms with E-state index in [9.17, 15) is 9.59 Å². The molecule has 3 rings (SSSR count). The van der Waals surface area contributed by atoms with Gasteiger partial charge in [-0.2, -0.15) is 0 Å². The number of rotatable bonds is 2. The summed E-state index contributed by atoms with van der Waals surface area (Å²) in [6, 6.07) is 13.1. The molecule has 6 heteroatoms. The van der Waals surface area contributed by atoms with Crippen molar-refractivity contribution in [2.24, 2.45) is 0 Å². The quantitative estimate of drug-likeness (QED) is 0.758. The number of amides is 1. The van der Waals surface area contributed by atoms with Crippen molar-refractivity contribution in [3.05, 3.63) is 74.8 Å². The van der Waals surface area contributed by atoms with Crippen molar-refractivity contribution in [2.75, 3.05) is 5.32 Å². The number of nitrogens with one attached hydrogen (secondary N) is 1. The van der Waals surface area contributed by atoms with Crippen LogP contribution >= 0.6 is 23.2 Å². The van der Waals surface area contributed by atoms with Crippen molar-refractivity contribution >= 4 is 45.6 Å². The lowest BCUT2D eigenvalue weighted by Gasteiger charge is -2.07. The molecule has 4 nitrogen and oxygen atoms in total. The standard InChI is InChI=1S/C16H9Cl2NO3/c17-10-5-6-12(18)13(8-10)19-15(20)14-7-9-3-1-2-4-11(9)16(21)22-14/h1-8H,(H,19,20). The lowest BCUT2D eigenvalue weighted by molar-refractivity contribution is 0.0993. The van der Waals surface area contributed by atoms with E-state index in [0.717, 1.165) is 0 Å². The maximum atomic E-state index is 12.2. The van der Waals surface area contributed by atoms with Gasteiger partial charge in [0.2, 0.25) is 0 Å². The van der Waals surface area contributed by atoms with Crippen LogP contribution in [0.25, 0.3) is 10.8 Å². The topological polar surface area (TPSA) is 59.3 Å². The number of carbonyl (C=O) groups is 1. The smallest absolute Gasteiger partial charge is 0.344 e. The Bertz CT molecular complexity index is 934. The highest BCUT2D eigenvalue weighted by Gasteiger charge is 2.14. The molecule has 1 heterocycles. The maximum Gasteiger partial charge on any atom is 0.344 e. The molecule has 110 valence electrons. The van der Waals surface area contributed by atoms with Gasteiger partial charge >= 0.3 is 5.63 Å². The zero-order valence-electron chi connectivity index (χ0n) is 11.1. The minimum absolute atomic E-state index is 0.0975. The Morgan fingerprint density at radius 1 is 1.05 bits per heavy atom. The monoisotopic (exact) mass is 333 g/mol. The molecule has 0 spiro atoms. The molecule has 1 amide bonds. The van der Waals surface area contributed by atoms with E-state index in [0.29, 0.717) is 26.5 Å². The number of fused-ring (bicyclic) bond motifs is 1. The third-order valence-corrected chi connectivity index (χ3v) is 3.64. The van der Waals surface area contributed by atoms with Crippen LogP contribution in [0, 0.1) is 0 Å². The molecule has 0 atom stereocenters. The number of halogens is 2. The summed E-state index contributed by atoms with van der Waals surface area (Å²) in [5.41, 5.74) is -0.226. The van der Waals surface area contributed by atoms with Gasteiger partial charge in [-0.25, -0.2) is 4.79 Å². The lowest BCUT2D eigenvalue weighted by atomic mass is 10.1. The summed E-state index contributed by atoms with van der Waals surface area (Å²) in [5.74, 6) is -0.674. The first-order chi connectivity index (χ1) is 10.5. The van der Waals surface area contributed by atoms with Gasteiger partial charge in [0.05, 0.1) is 16.1 Å². The minimum atomic E-state index is -0.577. The Hall–Kier alpha value is -2.30. The van der Waals surface area contributed by atoms with E-state index >= 15 is 0 Å². The Balaban J connectivity index is 1.99. The van der Waals surface area contributed by atoms with Crippen molar-refractivity contribution < 1.29 is 9.21 Å². The second-order valence-corrected chi connectivity index (χ2v) is 5.41. The van der Waals surface area contributed by atoms with Gasteiger partial charge in [0, 0.05) is 5.02 Å². The minimum Gasteiger partial charge on any atom is -0.417 e. The Morgan fingerprint density at radius 3 is 2.64 bits per heavy atom. The van der Waals surface area contributed by atoms with Crippen LogP contribution in [-0.2, 0) is 0 Å². The molecule has 22 heavy (non-hydrogen) atoms. The van der Waals surface area contributed by atoms with Crippen LogP contribution in [0.5, 0.6) is 0 Å². The Kier molecular flexibility index (Phi) is 3.88.